The highest BCUT2D eigenvalue weighted by molar-refractivity contribution is 7.11. The van der Waals surface area contributed by atoms with Crippen LogP contribution in [0.1, 0.15) is 34.5 Å². The Bertz CT molecular complexity index is 506. The summed E-state index contributed by atoms with van der Waals surface area (Å²) in [7, 11) is 0. The van der Waals surface area contributed by atoms with Crippen molar-refractivity contribution >= 4 is 11.3 Å². The lowest BCUT2D eigenvalue weighted by atomic mass is 10.1. The van der Waals surface area contributed by atoms with Gasteiger partial charge in [-0.2, -0.15) is 0 Å². The summed E-state index contributed by atoms with van der Waals surface area (Å²) < 4.78 is 2.05. The topological polar surface area (TPSA) is 64.1 Å². The van der Waals surface area contributed by atoms with Crippen LogP contribution < -0.4 is 5.73 Å². The molecule has 2 rings (SSSR count). The molecule has 5 heteroatoms. The van der Waals surface area contributed by atoms with Gasteiger partial charge >= 0.3 is 0 Å². The average molecular weight is 265 g/mol. The third-order valence-electron chi connectivity index (χ3n) is 3.04. The molecule has 2 aromatic rings. The van der Waals surface area contributed by atoms with Crippen LogP contribution in [-0.2, 0) is 6.42 Å². The number of nitrogens with zero attached hydrogens (tertiary/aromatic N) is 2. The van der Waals surface area contributed by atoms with Gasteiger partial charge in [-0.25, -0.2) is 4.98 Å². The number of imidazole rings is 1. The first-order valence-electron chi connectivity index (χ1n) is 6.05. The fourth-order valence-electron chi connectivity index (χ4n) is 2.05. The van der Waals surface area contributed by atoms with Crippen molar-refractivity contribution in [2.45, 2.75) is 32.4 Å². The Morgan fingerprint density at radius 3 is 2.89 bits per heavy atom. The quantitative estimate of drug-likeness (QED) is 0.869. The molecule has 98 valence electrons. The van der Waals surface area contributed by atoms with Crippen LogP contribution in [-0.4, -0.2) is 21.3 Å². The zero-order chi connectivity index (χ0) is 13.1. The molecule has 18 heavy (non-hydrogen) atoms. The Kier molecular flexibility index (Phi) is 4.16. The fourth-order valence-corrected chi connectivity index (χ4v) is 3.06. The maximum absolute atomic E-state index is 9.14. The molecule has 0 spiro atoms. The summed E-state index contributed by atoms with van der Waals surface area (Å²) in [6.07, 6.45) is 4.48. The van der Waals surface area contributed by atoms with Crippen molar-refractivity contribution in [1.82, 2.24) is 9.55 Å². The van der Waals surface area contributed by atoms with Crippen molar-refractivity contribution in [2.24, 2.45) is 5.73 Å². The monoisotopic (exact) mass is 265 g/mol. The largest absolute Gasteiger partial charge is 0.394 e. The normalized spacial score (nSPS) is 14.7. The smallest absolute Gasteiger partial charge is 0.0951 e. The molecule has 0 aliphatic heterocycles. The average Bonchev–Trinajstić information content (AvgIpc) is 2.97. The molecule has 0 bridgehead atoms. The van der Waals surface area contributed by atoms with Gasteiger partial charge < -0.3 is 15.4 Å². The van der Waals surface area contributed by atoms with Crippen molar-refractivity contribution in [3.63, 3.8) is 0 Å². The first-order valence-corrected chi connectivity index (χ1v) is 6.87. The summed E-state index contributed by atoms with van der Waals surface area (Å²) in [5.41, 5.74) is 6.75. The van der Waals surface area contributed by atoms with E-state index >= 15 is 0 Å². The Morgan fingerprint density at radius 2 is 2.28 bits per heavy atom. The second kappa shape index (κ2) is 5.65. The summed E-state index contributed by atoms with van der Waals surface area (Å²) in [6, 6.07) is 4.23. The lowest BCUT2D eigenvalue weighted by molar-refractivity contribution is 0.261. The predicted octanol–water partition coefficient (Wildman–Crippen LogP) is 2.05. The highest BCUT2D eigenvalue weighted by atomic mass is 32.1. The van der Waals surface area contributed by atoms with E-state index in [1.165, 1.54) is 9.75 Å². The van der Waals surface area contributed by atoms with E-state index in [1.54, 1.807) is 12.5 Å². The van der Waals surface area contributed by atoms with E-state index in [4.69, 9.17) is 10.8 Å². The second-order valence-electron chi connectivity index (χ2n) is 4.58. The molecule has 4 nitrogen and oxygen atoms in total. The van der Waals surface area contributed by atoms with Gasteiger partial charge in [0.15, 0.2) is 0 Å². The van der Waals surface area contributed by atoms with Crippen molar-refractivity contribution in [2.75, 3.05) is 6.61 Å². The van der Waals surface area contributed by atoms with E-state index in [0.29, 0.717) is 0 Å². The van der Waals surface area contributed by atoms with Gasteiger partial charge in [-0.3, -0.25) is 0 Å². The molecule has 3 N–H and O–H groups in total. The highest BCUT2D eigenvalue weighted by Crippen LogP contribution is 2.23. The second-order valence-corrected chi connectivity index (χ2v) is 5.95. The van der Waals surface area contributed by atoms with E-state index in [-0.39, 0.29) is 18.7 Å². The predicted molar refractivity (Wildman–Crippen MR) is 73.7 cm³/mol. The van der Waals surface area contributed by atoms with Crippen LogP contribution in [0.2, 0.25) is 0 Å². The summed E-state index contributed by atoms with van der Waals surface area (Å²) in [4.78, 5) is 6.82. The SMILES string of the molecule is Cc1ccc(CC(C)n2cncc2C(N)CO)s1. The molecule has 0 saturated carbocycles. The van der Waals surface area contributed by atoms with Gasteiger partial charge in [0.2, 0.25) is 0 Å². The van der Waals surface area contributed by atoms with Gasteiger partial charge in [0.25, 0.3) is 0 Å². The first-order chi connectivity index (χ1) is 8.61. The Morgan fingerprint density at radius 1 is 1.50 bits per heavy atom. The molecule has 0 radical (unpaired) electrons. The summed E-state index contributed by atoms with van der Waals surface area (Å²) in [5, 5.41) is 9.14. The first kappa shape index (κ1) is 13.3. The standard InChI is InChI=1S/C13H19N3OS/c1-9(5-11-4-3-10(2)18-11)16-8-15-6-13(16)12(14)7-17/h3-4,6,8-9,12,17H,5,7,14H2,1-2H3. The zero-order valence-electron chi connectivity index (χ0n) is 10.7. The third-order valence-corrected chi connectivity index (χ3v) is 4.06. The van der Waals surface area contributed by atoms with Crippen LogP contribution in [0.15, 0.2) is 24.7 Å². The molecule has 0 aliphatic rings. The van der Waals surface area contributed by atoms with Crippen LogP contribution in [0.25, 0.3) is 0 Å². The lowest BCUT2D eigenvalue weighted by Gasteiger charge is -2.18. The molecule has 0 saturated heterocycles. The number of thiophene rings is 1. The molecule has 0 aromatic carbocycles. The number of rotatable bonds is 5. The Labute approximate surface area is 111 Å². The van der Waals surface area contributed by atoms with Crippen molar-refractivity contribution in [3.05, 3.63) is 40.1 Å². The number of aliphatic hydroxyl groups is 1. The van der Waals surface area contributed by atoms with Crippen LogP contribution in [0.5, 0.6) is 0 Å². The number of hydrogen-bond acceptors (Lipinski definition) is 4. The van der Waals surface area contributed by atoms with Crippen LogP contribution in [0, 0.1) is 6.92 Å². The van der Waals surface area contributed by atoms with Gasteiger partial charge in [-0.1, -0.05) is 0 Å². The highest BCUT2D eigenvalue weighted by Gasteiger charge is 2.15. The minimum absolute atomic E-state index is 0.0590. The van der Waals surface area contributed by atoms with Gasteiger partial charge in [-0.05, 0) is 26.0 Å². The van der Waals surface area contributed by atoms with Gasteiger partial charge in [0, 0.05) is 28.4 Å². The van der Waals surface area contributed by atoms with Gasteiger partial charge in [0.05, 0.1) is 24.7 Å². The number of nitrogens with two attached hydrogens (primary N) is 1. The summed E-state index contributed by atoms with van der Waals surface area (Å²) >= 11 is 1.82. The molecule has 2 aromatic heterocycles. The molecule has 0 aliphatic carbocycles. The molecule has 0 amide bonds. The van der Waals surface area contributed by atoms with Gasteiger partial charge in [0.1, 0.15) is 0 Å². The molecule has 0 fully saturated rings. The fraction of sp³-hybridized carbons (Fsp3) is 0.462. The molecule has 2 atom stereocenters. The van der Waals surface area contributed by atoms with E-state index in [0.717, 1.165) is 12.1 Å². The van der Waals surface area contributed by atoms with E-state index in [9.17, 15) is 0 Å². The molecule has 2 heterocycles. The maximum Gasteiger partial charge on any atom is 0.0951 e. The summed E-state index contributed by atoms with van der Waals surface area (Å²) in [5.74, 6) is 0. The van der Waals surface area contributed by atoms with Crippen molar-refractivity contribution in [3.8, 4) is 0 Å². The number of aryl methyl sites for hydroxylation is 1. The van der Waals surface area contributed by atoms with Crippen LogP contribution in [0.4, 0.5) is 0 Å². The van der Waals surface area contributed by atoms with Crippen LogP contribution >= 0.6 is 11.3 Å². The lowest BCUT2D eigenvalue weighted by Crippen LogP contribution is -2.20. The minimum Gasteiger partial charge on any atom is -0.394 e. The third kappa shape index (κ3) is 2.80. The Balaban J connectivity index is 2.13. The van der Waals surface area contributed by atoms with Crippen molar-refractivity contribution < 1.29 is 5.11 Å². The maximum atomic E-state index is 9.14. The number of hydrogen-bond donors (Lipinski definition) is 2. The van der Waals surface area contributed by atoms with Crippen LogP contribution in [0.3, 0.4) is 0 Å². The molecule has 2 unspecified atom stereocenters. The van der Waals surface area contributed by atoms with Gasteiger partial charge in [-0.15, -0.1) is 11.3 Å². The van der Waals surface area contributed by atoms with E-state index in [1.807, 2.05) is 11.3 Å². The van der Waals surface area contributed by atoms with Crippen molar-refractivity contribution in [1.29, 1.82) is 0 Å². The summed E-state index contributed by atoms with van der Waals surface area (Å²) in [6.45, 7) is 4.20. The molecular weight excluding hydrogens is 246 g/mol. The zero-order valence-corrected chi connectivity index (χ0v) is 11.5. The molecular formula is C13H19N3OS. The number of aliphatic hydroxyl groups excluding tert-OH is 1. The van der Waals surface area contributed by atoms with E-state index < -0.39 is 0 Å². The number of aromatic nitrogens is 2. The Hall–Kier alpha value is -1.17. The minimum atomic E-state index is -0.361. The van der Waals surface area contributed by atoms with E-state index in [2.05, 4.69) is 35.5 Å².